The first-order valence-corrected chi connectivity index (χ1v) is 6.40. The fourth-order valence-electron chi connectivity index (χ4n) is 2.29. The summed E-state index contributed by atoms with van der Waals surface area (Å²) in [6.45, 7) is 4.02. The number of hydrogen-bond acceptors (Lipinski definition) is 2. The summed E-state index contributed by atoms with van der Waals surface area (Å²) >= 11 is 5.14. The molecule has 0 aliphatic heterocycles. The minimum Gasteiger partial charge on any atom is -0.392 e. The van der Waals surface area contributed by atoms with Gasteiger partial charge in [-0.1, -0.05) is 31.5 Å². The van der Waals surface area contributed by atoms with Crippen LogP contribution < -0.4 is 5.73 Å². The standard InChI is InChI=1S/C12H22N2OS/c1-9(2)14(3)11(15)12(10(13)16)7-5-4-6-8-12/h9H,4-8H2,1-3H3,(H2,13,16). The summed E-state index contributed by atoms with van der Waals surface area (Å²) in [7, 11) is 1.83. The Balaban J connectivity index is 2.93. The second-order valence-corrected chi connectivity index (χ2v) is 5.46. The SMILES string of the molecule is CC(C)N(C)C(=O)C1(C(N)=S)CCCCC1. The maximum Gasteiger partial charge on any atom is 0.235 e. The van der Waals surface area contributed by atoms with E-state index in [4.69, 9.17) is 18.0 Å². The second-order valence-electron chi connectivity index (χ2n) is 5.02. The van der Waals surface area contributed by atoms with E-state index in [0.29, 0.717) is 4.99 Å². The fraction of sp³-hybridized carbons (Fsp3) is 0.833. The van der Waals surface area contributed by atoms with Crippen molar-refractivity contribution in [2.45, 2.75) is 52.0 Å². The molecule has 3 nitrogen and oxygen atoms in total. The molecule has 1 aliphatic carbocycles. The van der Waals surface area contributed by atoms with Crippen LogP contribution in [-0.4, -0.2) is 28.9 Å². The van der Waals surface area contributed by atoms with Gasteiger partial charge in [0.2, 0.25) is 5.91 Å². The second kappa shape index (κ2) is 5.13. The summed E-state index contributed by atoms with van der Waals surface area (Å²) in [5.41, 5.74) is 5.26. The van der Waals surface area contributed by atoms with Gasteiger partial charge in [0.25, 0.3) is 0 Å². The number of hydrogen-bond donors (Lipinski definition) is 1. The summed E-state index contributed by atoms with van der Waals surface area (Å²) in [5, 5.41) is 0. The van der Waals surface area contributed by atoms with Gasteiger partial charge in [0, 0.05) is 13.1 Å². The molecule has 0 atom stereocenters. The van der Waals surface area contributed by atoms with Gasteiger partial charge in [-0.2, -0.15) is 0 Å². The third kappa shape index (κ3) is 2.37. The third-order valence-electron chi connectivity index (χ3n) is 3.68. The van der Waals surface area contributed by atoms with Gasteiger partial charge in [-0.15, -0.1) is 0 Å². The van der Waals surface area contributed by atoms with E-state index in [9.17, 15) is 4.79 Å². The van der Waals surface area contributed by atoms with Crippen LogP contribution in [0.3, 0.4) is 0 Å². The van der Waals surface area contributed by atoms with Gasteiger partial charge < -0.3 is 10.6 Å². The summed E-state index contributed by atoms with van der Waals surface area (Å²) < 4.78 is 0. The van der Waals surface area contributed by atoms with Crippen molar-refractivity contribution in [3.8, 4) is 0 Å². The molecule has 1 rings (SSSR count). The summed E-state index contributed by atoms with van der Waals surface area (Å²) in [4.78, 5) is 14.6. The van der Waals surface area contributed by atoms with E-state index in [1.165, 1.54) is 6.42 Å². The van der Waals surface area contributed by atoms with Crippen molar-refractivity contribution >= 4 is 23.1 Å². The highest BCUT2D eigenvalue weighted by atomic mass is 32.1. The van der Waals surface area contributed by atoms with E-state index >= 15 is 0 Å². The van der Waals surface area contributed by atoms with Crippen LogP contribution in [0, 0.1) is 5.41 Å². The maximum absolute atomic E-state index is 12.5. The molecule has 0 bridgehead atoms. The van der Waals surface area contributed by atoms with Crippen LogP contribution in [0.1, 0.15) is 46.0 Å². The van der Waals surface area contributed by atoms with E-state index in [1.807, 2.05) is 20.9 Å². The van der Waals surface area contributed by atoms with E-state index in [1.54, 1.807) is 4.90 Å². The minimum atomic E-state index is -0.563. The Labute approximate surface area is 103 Å². The molecule has 0 heterocycles. The van der Waals surface area contributed by atoms with E-state index in [2.05, 4.69) is 0 Å². The van der Waals surface area contributed by atoms with Crippen molar-refractivity contribution < 1.29 is 4.79 Å². The highest BCUT2D eigenvalue weighted by Gasteiger charge is 2.44. The van der Waals surface area contributed by atoms with Gasteiger partial charge in [0.05, 0.1) is 10.4 Å². The van der Waals surface area contributed by atoms with Crippen molar-refractivity contribution in [2.24, 2.45) is 11.1 Å². The molecule has 1 aliphatic rings. The average molecular weight is 242 g/mol. The number of rotatable bonds is 3. The van der Waals surface area contributed by atoms with E-state index in [-0.39, 0.29) is 11.9 Å². The molecule has 0 saturated heterocycles. The van der Waals surface area contributed by atoms with Crippen molar-refractivity contribution in [1.29, 1.82) is 0 Å². The first-order chi connectivity index (χ1) is 7.42. The highest BCUT2D eigenvalue weighted by Crippen LogP contribution is 2.38. The van der Waals surface area contributed by atoms with Crippen LogP contribution >= 0.6 is 12.2 Å². The van der Waals surface area contributed by atoms with Crippen molar-refractivity contribution in [2.75, 3.05) is 7.05 Å². The molecule has 0 aromatic rings. The third-order valence-corrected chi connectivity index (χ3v) is 4.07. The molecule has 0 aromatic carbocycles. The first-order valence-electron chi connectivity index (χ1n) is 5.99. The number of nitrogens with zero attached hydrogens (tertiary/aromatic N) is 1. The molecule has 2 N–H and O–H groups in total. The summed E-state index contributed by atoms with van der Waals surface area (Å²) in [5.74, 6) is 0.106. The van der Waals surface area contributed by atoms with Gasteiger partial charge in [0.15, 0.2) is 0 Å². The Kier molecular flexibility index (Phi) is 4.30. The molecular weight excluding hydrogens is 220 g/mol. The van der Waals surface area contributed by atoms with Gasteiger partial charge in [-0.3, -0.25) is 4.79 Å². The van der Waals surface area contributed by atoms with Crippen LogP contribution in [0.5, 0.6) is 0 Å². The maximum atomic E-state index is 12.5. The monoisotopic (exact) mass is 242 g/mol. The molecule has 0 unspecified atom stereocenters. The number of amides is 1. The topological polar surface area (TPSA) is 46.3 Å². The zero-order valence-electron chi connectivity index (χ0n) is 10.5. The Bertz CT molecular complexity index is 283. The minimum absolute atomic E-state index is 0.106. The van der Waals surface area contributed by atoms with Gasteiger partial charge in [-0.05, 0) is 26.7 Å². The van der Waals surface area contributed by atoms with Crippen LogP contribution in [0.15, 0.2) is 0 Å². The van der Waals surface area contributed by atoms with E-state index in [0.717, 1.165) is 25.7 Å². The molecule has 1 fully saturated rings. The van der Waals surface area contributed by atoms with E-state index < -0.39 is 5.41 Å². The highest BCUT2D eigenvalue weighted by molar-refractivity contribution is 7.80. The zero-order chi connectivity index (χ0) is 12.3. The van der Waals surface area contributed by atoms with Crippen LogP contribution in [-0.2, 0) is 4.79 Å². The molecule has 0 spiro atoms. The predicted molar refractivity (Wildman–Crippen MR) is 70.2 cm³/mol. The Morgan fingerprint density at radius 2 is 1.81 bits per heavy atom. The molecule has 4 heteroatoms. The number of carbonyl (C=O) groups is 1. The van der Waals surface area contributed by atoms with Gasteiger partial charge in [-0.25, -0.2) is 0 Å². The molecule has 1 amide bonds. The number of nitrogens with two attached hydrogens (primary N) is 1. The summed E-state index contributed by atoms with van der Waals surface area (Å²) in [6, 6.07) is 0.195. The molecule has 0 radical (unpaired) electrons. The normalized spacial score (nSPS) is 19.5. The van der Waals surface area contributed by atoms with Gasteiger partial charge >= 0.3 is 0 Å². The Morgan fingerprint density at radius 3 is 2.19 bits per heavy atom. The van der Waals surface area contributed by atoms with Gasteiger partial charge in [0.1, 0.15) is 0 Å². The molecule has 92 valence electrons. The predicted octanol–water partition coefficient (Wildman–Crippen LogP) is 2.09. The number of thiocarbonyl (C=S) groups is 1. The number of carbonyl (C=O) groups excluding carboxylic acids is 1. The largest absolute Gasteiger partial charge is 0.392 e. The van der Waals surface area contributed by atoms with Crippen molar-refractivity contribution in [3.63, 3.8) is 0 Å². The zero-order valence-corrected chi connectivity index (χ0v) is 11.3. The lowest BCUT2D eigenvalue weighted by atomic mass is 9.72. The van der Waals surface area contributed by atoms with Crippen LogP contribution in [0.25, 0.3) is 0 Å². The summed E-state index contributed by atoms with van der Waals surface area (Å²) in [6.07, 6.45) is 4.92. The molecule has 16 heavy (non-hydrogen) atoms. The smallest absolute Gasteiger partial charge is 0.235 e. The Hall–Kier alpha value is -0.640. The fourth-order valence-corrected chi connectivity index (χ4v) is 2.58. The van der Waals surface area contributed by atoms with Crippen LogP contribution in [0.4, 0.5) is 0 Å². The average Bonchev–Trinajstić information content (AvgIpc) is 2.27. The Morgan fingerprint density at radius 1 is 1.31 bits per heavy atom. The van der Waals surface area contributed by atoms with Crippen molar-refractivity contribution in [1.82, 2.24) is 4.90 Å². The first kappa shape index (κ1) is 13.4. The quantitative estimate of drug-likeness (QED) is 0.771. The lowest BCUT2D eigenvalue weighted by molar-refractivity contribution is -0.139. The molecule has 1 saturated carbocycles. The van der Waals surface area contributed by atoms with Crippen molar-refractivity contribution in [3.05, 3.63) is 0 Å². The molecular formula is C12H22N2OS. The lowest BCUT2D eigenvalue weighted by Gasteiger charge is -2.39. The lowest BCUT2D eigenvalue weighted by Crippen LogP contribution is -2.52. The molecule has 0 aromatic heterocycles. The van der Waals surface area contributed by atoms with Crippen LogP contribution in [0.2, 0.25) is 0 Å².